The molecule has 1 N–H and O–H groups in total. The fourth-order valence-electron chi connectivity index (χ4n) is 1.73. The number of aliphatic hydroxyl groups is 1. The molecule has 16 heavy (non-hydrogen) atoms. The van der Waals surface area contributed by atoms with Crippen molar-refractivity contribution in [3.05, 3.63) is 29.8 Å². The number of ether oxygens (including phenoxy) is 1. The fourth-order valence-corrected chi connectivity index (χ4v) is 1.73. The van der Waals surface area contributed by atoms with Gasteiger partial charge in [0.2, 0.25) is 0 Å². The van der Waals surface area contributed by atoms with Crippen molar-refractivity contribution in [3.63, 3.8) is 0 Å². The van der Waals surface area contributed by atoms with Crippen LogP contribution in [0, 0.1) is 5.92 Å². The monoisotopic (exact) mass is 222 g/mol. The molecule has 0 saturated heterocycles. The second-order valence-corrected chi connectivity index (χ2v) is 4.62. The third kappa shape index (κ3) is 4.23. The van der Waals surface area contributed by atoms with E-state index >= 15 is 0 Å². The first kappa shape index (κ1) is 13.0. The van der Waals surface area contributed by atoms with Gasteiger partial charge in [-0.15, -0.1) is 0 Å². The van der Waals surface area contributed by atoms with Crippen LogP contribution >= 0.6 is 0 Å². The molecule has 2 nitrogen and oxygen atoms in total. The molecule has 0 radical (unpaired) electrons. The molecule has 0 amide bonds. The maximum absolute atomic E-state index is 10.00. The molecule has 2 heteroatoms. The predicted octanol–water partition coefficient (Wildman–Crippen LogP) is 3.55. The van der Waals surface area contributed by atoms with Crippen molar-refractivity contribution in [1.82, 2.24) is 0 Å². The van der Waals surface area contributed by atoms with E-state index in [0.717, 1.165) is 24.2 Å². The third-order valence-electron chi connectivity index (χ3n) is 2.74. The van der Waals surface area contributed by atoms with E-state index in [-0.39, 0.29) is 6.10 Å². The maximum atomic E-state index is 10.00. The Morgan fingerprint density at radius 2 is 2.00 bits per heavy atom. The zero-order chi connectivity index (χ0) is 12.0. The summed E-state index contributed by atoms with van der Waals surface area (Å²) in [4.78, 5) is 0. The molecule has 0 aromatic heterocycles. The number of benzene rings is 1. The minimum absolute atomic E-state index is 0.367. The minimum Gasteiger partial charge on any atom is -0.497 e. The number of rotatable bonds is 6. The average molecular weight is 222 g/mol. The highest BCUT2D eigenvalue weighted by molar-refractivity contribution is 5.29. The molecule has 1 aromatic rings. The summed E-state index contributed by atoms with van der Waals surface area (Å²) in [5.41, 5.74) is 0.947. The van der Waals surface area contributed by atoms with Gasteiger partial charge in [0.05, 0.1) is 13.2 Å². The molecule has 0 spiro atoms. The quantitative estimate of drug-likeness (QED) is 0.797. The van der Waals surface area contributed by atoms with Gasteiger partial charge in [0.1, 0.15) is 5.75 Å². The summed E-state index contributed by atoms with van der Waals surface area (Å²) in [6, 6.07) is 7.66. The summed E-state index contributed by atoms with van der Waals surface area (Å²) in [5, 5.41) is 10.00. The molecule has 1 rings (SSSR count). The van der Waals surface area contributed by atoms with E-state index in [4.69, 9.17) is 4.74 Å². The van der Waals surface area contributed by atoms with Crippen molar-refractivity contribution < 1.29 is 9.84 Å². The number of hydrogen-bond donors (Lipinski definition) is 1. The van der Waals surface area contributed by atoms with Gasteiger partial charge in [-0.2, -0.15) is 0 Å². The largest absolute Gasteiger partial charge is 0.497 e. The molecule has 0 fully saturated rings. The highest BCUT2D eigenvalue weighted by Gasteiger charge is 2.08. The second-order valence-electron chi connectivity index (χ2n) is 4.62. The van der Waals surface area contributed by atoms with Gasteiger partial charge in [0.15, 0.2) is 0 Å². The molecule has 0 heterocycles. The van der Waals surface area contributed by atoms with Crippen LogP contribution in [-0.2, 0) is 0 Å². The van der Waals surface area contributed by atoms with E-state index < -0.39 is 0 Å². The number of methoxy groups -OCH3 is 1. The van der Waals surface area contributed by atoms with Gasteiger partial charge in [0.25, 0.3) is 0 Å². The van der Waals surface area contributed by atoms with Crippen molar-refractivity contribution in [2.45, 2.75) is 39.2 Å². The van der Waals surface area contributed by atoms with Crippen LogP contribution in [0.5, 0.6) is 5.75 Å². The van der Waals surface area contributed by atoms with Gasteiger partial charge < -0.3 is 9.84 Å². The Bertz CT molecular complexity index is 307. The first-order valence-electron chi connectivity index (χ1n) is 5.95. The van der Waals surface area contributed by atoms with E-state index in [1.807, 2.05) is 24.3 Å². The minimum atomic E-state index is -0.367. The van der Waals surface area contributed by atoms with Crippen LogP contribution in [0.15, 0.2) is 24.3 Å². The summed E-state index contributed by atoms with van der Waals surface area (Å²) >= 11 is 0. The van der Waals surface area contributed by atoms with Crippen molar-refractivity contribution in [2.75, 3.05) is 7.11 Å². The Morgan fingerprint density at radius 3 is 2.62 bits per heavy atom. The van der Waals surface area contributed by atoms with Gasteiger partial charge in [-0.3, -0.25) is 0 Å². The van der Waals surface area contributed by atoms with Crippen LogP contribution < -0.4 is 4.74 Å². The molecule has 1 unspecified atom stereocenters. The highest BCUT2D eigenvalue weighted by atomic mass is 16.5. The highest BCUT2D eigenvalue weighted by Crippen LogP contribution is 2.23. The molecule has 0 aliphatic rings. The van der Waals surface area contributed by atoms with Crippen LogP contribution in [0.25, 0.3) is 0 Å². The van der Waals surface area contributed by atoms with Crippen LogP contribution in [0.2, 0.25) is 0 Å². The molecule has 1 aromatic carbocycles. The SMILES string of the molecule is COc1cccc(C(O)CCCC(C)C)c1. The Morgan fingerprint density at radius 1 is 1.25 bits per heavy atom. The second kappa shape index (κ2) is 6.54. The Kier molecular flexibility index (Phi) is 5.33. The van der Waals surface area contributed by atoms with Crippen molar-refractivity contribution in [1.29, 1.82) is 0 Å². The van der Waals surface area contributed by atoms with Crippen LogP contribution in [0.3, 0.4) is 0 Å². The third-order valence-corrected chi connectivity index (χ3v) is 2.74. The van der Waals surface area contributed by atoms with Gasteiger partial charge >= 0.3 is 0 Å². The lowest BCUT2D eigenvalue weighted by Crippen LogP contribution is -1.99. The molecule has 0 saturated carbocycles. The summed E-state index contributed by atoms with van der Waals surface area (Å²) < 4.78 is 5.14. The van der Waals surface area contributed by atoms with Crippen molar-refractivity contribution >= 4 is 0 Å². The standard InChI is InChI=1S/C14H22O2/c1-11(2)6-4-9-14(15)12-7-5-8-13(10-12)16-3/h5,7-8,10-11,14-15H,4,6,9H2,1-3H3. The normalized spacial score (nSPS) is 12.8. The van der Waals surface area contributed by atoms with E-state index in [1.54, 1.807) is 7.11 Å². The smallest absolute Gasteiger partial charge is 0.119 e. The fraction of sp³-hybridized carbons (Fsp3) is 0.571. The topological polar surface area (TPSA) is 29.5 Å². The van der Waals surface area contributed by atoms with E-state index in [2.05, 4.69) is 13.8 Å². The van der Waals surface area contributed by atoms with Gasteiger partial charge in [-0.25, -0.2) is 0 Å². The van der Waals surface area contributed by atoms with Gasteiger partial charge in [-0.05, 0) is 30.0 Å². The summed E-state index contributed by atoms with van der Waals surface area (Å²) in [7, 11) is 1.64. The zero-order valence-corrected chi connectivity index (χ0v) is 10.4. The van der Waals surface area contributed by atoms with Gasteiger partial charge in [-0.1, -0.05) is 38.8 Å². The molecule has 0 bridgehead atoms. The Hall–Kier alpha value is -1.02. The molecular weight excluding hydrogens is 200 g/mol. The summed E-state index contributed by atoms with van der Waals surface area (Å²) in [5.74, 6) is 1.51. The molecule has 0 aliphatic carbocycles. The summed E-state index contributed by atoms with van der Waals surface area (Å²) in [6.07, 6.45) is 2.69. The number of aliphatic hydroxyl groups excluding tert-OH is 1. The van der Waals surface area contributed by atoms with Gasteiger partial charge in [0, 0.05) is 0 Å². The maximum Gasteiger partial charge on any atom is 0.119 e. The lowest BCUT2D eigenvalue weighted by Gasteiger charge is -2.12. The molecular formula is C14H22O2. The molecule has 1 atom stereocenters. The average Bonchev–Trinajstić information content (AvgIpc) is 2.28. The predicted molar refractivity (Wildman–Crippen MR) is 66.6 cm³/mol. The van der Waals surface area contributed by atoms with Crippen LogP contribution in [0.4, 0.5) is 0 Å². The Balaban J connectivity index is 2.48. The number of hydrogen-bond acceptors (Lipinski definition) is 2. The van der Waals surface area contributed by atoms with Crippen LogP contribution in [-0.4, -0.2) is 12.2 Å². The first-order chi connectivity index (χ1) is 7.63. The van der Waals surface area contributed by atoms with Crippen molar-refractivity contribution in [3.8, 4) is 5.75 Å². The lowest BCUT2D eigenvalue weighted by atomic mass is 10.00. The van der Waals surface area contributed by atoms with E-state index in [1.165, 1.54) is 6.42 Å². The molecule has 90 valence electrons. The van der Waals surface area contributed by atoms with Crippen LogP contribution in [0.1, 0.15) is 44.8 Å². The van der Waals surface area contributed by atoms with Crippen molar-refractivity contribution in [2.24, 2.45) is 5.92 Å². The Labute approximate surface area is 98.3 Å². The first-order valence-corrected chi connectivity index (χ1v) is 5.95. The zero-order valence-electron chi connectivity index (χ0n) is 10.4. The summed E-state index contributed by atoms with van der Waals surface area (Å²) in [6.45, 7) is 4.41. The molecule has 0 aliphatic heterocycles. The lowest BCUT2D eigenvalue weighted by molar-refractivity contribution is 0.161. The van der Waals surface area contributed by atoms with E-state index in [0.29, 0.717) is 5.92 Å². The van der Waals surface area contributed by atoms with E-state index in [9.17, 15) is 5.11 Å².